The first-order valence-corrected chi connectivity index (χ1v) is 7.45. The number of aliphatic hydroxyl groups excluding tert-OH is 1. The van der Waals surface area contributed by atoms with E-state index in [1.807, 2.05) is 0 Å². The monoisotopic (exact) mass is 294 g/mol. The number of nitrogens with zero attached hydrogens (tertiary/aromatic N) is 1. The predicted octanol–water partition coefficient (Wildman–Crippen LogP) is 0.137. The molecule has 0 aliphatic carbocycles. The van der Waals surface area contributed by atoms with Crippen molar-refractivity contribution in [1.82, 2.24) is 9.71 Å². The first-order valence-electron chi connectivity index (χ1n) is 5.09. The first kappa shape index (κ1) is 15.0. The van der Waals surface area contributed by atoms with Gasteiger partial charge < -0.3 is 10.2 Å². The summed E-state index contributed by atoms with van der Waals surface area (Å²) in [7, 11) is -3.98. The molecule has 7 nitrogen and oxygen atoms in total. The van der Waals surface area contributed by atoms with Crippen LogP contribution in [0.1, 0.15) is 24.3 Å². The SMILES string of the molecule is CC(C)C(CO)NS(=O)(=O)c1scnc1C(=O)O. The molecule has 18 heavy (non-hydrogen) atoms. The molecule has 1 heterocycles. The van der Waals surface area contributed by atoms with E-state index < -0.39 is 27.7 Å². The molecule has 0 aliphatic rings. The number of hydrogen-bond acceptors (Lipinski definition) is 6. The molecule has 0 bridgehead atoms. The average molecular weight is 294 g/mol. The molecule has 0 spiro atoms. The van der Waals surface area contributed by atoms with Gasteiger partial charge in [0, 0.05) is 6.04 Å². The number of carboxylic acid groups (broad SMARTS) is 1. The standard InChI is InChI=1S/C9H14N2O5S2/c1-5(2)6(3-12)11-18(15,16)9-7(8(13)14)10-4-17-9/h4-6,11-12H,3H2,1-2H3,(H,13,14). The summed E-state index contributed by atoms with van der Waals surface area (Å²) in [5.41, 5.74) is 0.648. The molecule has 0 aliphatic heterocycles. The van der Waals surface area contributed by atoms with Gasteiger partial charge in [-0.2, -0.15) is 0 Å². The van der Waals surface area contributed by atoms with Crippen LogP contribution in [0.15, 0.2) is 9.72 Å². The summed E-state index contributed by atoms with van der Waals surface area (Å²) in [5, 5.41) is 17.9. The second-order valence-corrected chi connectivity index (χ2v) is 6.71. The third-order valence-electron chi connectivity index (χ3n) is 2.29. The number of rotatable bonds is 6. The van der Waals surface area contributed by atoms with Crippen LogP contribution < -0.4 is 4.72 Å². The van der Waals surface area contributed by atoms with E-state index in [1.54, 1.807) is 13.8 Å². The maximum atomic E-state index is 12.0. The zero-order chi connectivity index (χ0) is 13.9. The Hall–Kier alpha value is -1.03. The number of aromatic nitrogens is 1. The molecule has 1 aromatic rings. The maximum Gasteiger partial charge on any atom is 0.356 e. The third-order valence-corrected chi connectivity index (χ3v) is 5.15. The summed E-state index contributed by atoms with van der Waals surface area (Å²) in [4.78, 5) is 14.3. The van der Waals surface area contributed by atoms with Gasteiger partial charge in [-0.1, -0.05) is 13.8 Å². The topological polar surface area (TPSA) is 117 Å². The molecule has 3 N–H and O–H groups in total. The van der Waals surface area contributed by atoms with Gasteiger partial charge in [-0.15, -0.1) is 11.3 Å². The second kappa shape index (κ2) is 5.74. The number of sulfonamides is 1. The van der Waals surface area contributed by atoms with Crippen molar-refractivity contribution in [3.8, 4) is 0 Å². The molecule has 102 valence electrons. The van der Waals surface area contributed by atoms with Gasteiger partial charge in [0.15, 0.2) is 9.90 Å². The van der Waals surface area contributed by atoms with Gasteiger partial charge in [0.1, 0.15) is 0 Å². The lowest BCUT2D eigenvalue weighted by atomic mass is 10.1. The Kier molecular flexibility index (Phi) is 4.79. The van der Waals surface area contributed by atoms with Crippen molar-refractivity contribution in [3.63, 3.8) is 0 Å². The fourth-order valence-electron chi connectivity index (χ4n) is 1.21. The Morgan fingerprint density at radius 1 is 1.56 bits per heavy atom. The fraction of sp³-hybridized carbons (Fsp3) is 0.556. The van der Waals surface area contributed by atoms with Crippen LogP contribution >= 0.6 is 11.3 Å². The van der Waals surface area contributed by atoms with Gasteiger partial charge in [0.2, 0.25) is 0 Å². The summed E-state index contributed by atoms with van der Waals surface area (Å²) in [6, 6.07) is -0.668. The highest BCUT2D eigenvalue weighted by molar-refractivity contribution is 7.91. The van der Waals surface area contributed by atoms with Gasteiger partial charge in [0.05, 0.1) is 12.1 Å². The molecule has 0 fully saturated rings. The number of aromatic carboxylic acids is 1. The van der Waals surface area contributed by atoms with E-state index in [-0.39, 0.29) is 16.7 Å². The van der Waals surface area contributed by atoms with E-state index in [4.69, 9.17) is 10.2 Å². The molecule has 1 atom stereocenters. The Labute approximate surface area is 109 Å². The van der Waals surface area contributed by atoms with E-state index in [1.165, 1.54) is 0 Å². The van der Waals surface area contributed by atoms with Gasteiger partial charge in [-0.3, -0.25) is 0 Å². The zero-order valence-electron chi connectivity index (χ0n) is 9.82. The van der Waals surface area contributed by atoms with E-state index in [9.17, 15) is 13.2 Å². The molecule has 1 aromatic heterocycles. The second-order valence-electron chi connectivity index (χ2n) is 3.95. The van der Waals surface area contributed by atoms with Crippen molar-refractivity contribution < 1.29 is 23.4 Å². The van der Waals surface area contributed by atoms with Crippen molar-refractivity contribution in [3.05, 3.63) is 11.2 Å². The molecular weight excluding hydrogens is 280 g/mol. The summed E-state index contributed by atoms with van der Waals surface area (Å²) in [6.07, 6.45) is 0. The summed E-state index contributed by atoms with van der Waals surface area (Å²) < 4.78 is 25.9. The first-order chi connectivity index (χ1) is 8.29. The van der Waals surface area contributed by atoms with Crippen LogP contribution in [0.3, 0.4) is 0 Å². The van der Waals surface area contributed by atoms with E-state index >= 15 is 0 Å². The number of hydrogen-bond donors (Lipinski definition) is 3. The molecule has 0 saturated heterocycles. The Morgan fingerprint density at radius 3 is 2.61 bits per heavy atom. The van der Waals surface area contributed by atoms with Crippen LogP contribution in [0.5, 0.6) is 0 Å². The highest BCUT2D eigenvalue weighted by Gasteiger charge is 2.28. The Morgan fingerprint density at radius 2 is 2.17 bits per heavy atom. The quantitative estimate of drug-likeness (QED) is 0.687. The van der Waals surface area contributed by atoms with Crippen LogP contribution in [0.25, 0.3) is 0 Å². The third kappa shape index (κ3) is 3.25. The van der Waals surface area contributed by atoms with Gasteiger partial charge in [0.25, 0.3) is 10.0 Å². The zero-order valence-corrected chi connectivity index (χ0v) is 11.5. The van der Waals surface area contributed by atoms with Gasteiger partial charge >= 0.3 is 5.97 Å². The maximum absolute atomic E-state index is 12.0. The molecule has 0 saturated carbocycles. The molecule has 9 heteroatoms. The summed E-state index contributed by atoms with van der Waals surface area (Å²) in [6.45, 7) is 3.13. The number of carbonyl (C=O) groups is 1. The summed E-state index contributed by atoms with van der Waals surface area (Å²) in [5.74, 6) is -1.52. The van der Waals surface area contributed by atoms with Gasteiger partial charge in [-0.05, 0) is 5.92 Å². The van der Waals surface area contributed by atoms with E-state index in [0.29, 0.717) is 0 Å². The predicted molar refractivity (Wildman–Crippen MR) is 65.1 cm³/mol. The molecule has 1 rings (SSSR count). The van der Waals surface area contributed by atoms with Crippen LogP contribution in [0, 0.1) is 5.92 Å². The van der Waals surface area contributed by atoms with E-state index in [0.717, 1.165) is 16.8 Å². The normalized spacial score (nSPS) is 13.8. The van der Waals surface area contributed by atoms with Crippen LogP contribution in [-0.4, -0.2) is 42.2 Å². The van der Waals surface area contributed by atoms with Crippen LogP contribution in [-0.2, 0) is 10.0 Å². The van der Waals surface area contributed by atoms with Gasteiger partial charge in [-0.25, -0.2) is 22.9 Å². The molecule has 1 unspecified atom stereocenters. The number of nitrogens with one attached hydrogen (secondary N) is 1. The Balaban J connectivity index is 3.07. The summed E-state index contributed by atoms with van der Waals surface area (Å²) >= 11 is 0.725. The lowest BCUT2D eigenvalue weighted by Gasteiger charge is -2.19. The molecule has 0 amide bonds. The number of thiazole rings is 1. The molecule has 0 aromatic carbocycles. The smallest absolute Gasteiger partial charge is 0.356 e. The lowest BCUT2D eigenvalue weighted by molar-refractivity contribution is 0.0687. The fourth-order valence-corrected chi connectivity index (χ4v) is 3.74. The van der Waals surface area contributed by atoms with Crippen molar-refractivity contribution in [2.24, 2.45) is 5.92 Å². The van der Waals surface area contributed by atoms with Crippen molar-refractivity contribution >= 4 is 27.3 Å². The van der Waals surface area contributed by atoms with Crippen LogP contribution in [0.2, 0.25) is 0 Å². The molecule has 0 radical (unpaired) electrons. The highest BCUT2D eigenvalue weighted by Crippen LogP contribution is 2.20. The van der Waals surface area contributed by atoms with Crippen molar-refractivity contribution in [1.29, 1.82) is 0 Å². The largest absolute Gasteiger partial charge is 0.476 e. The minimum Gasteiger partial charge on any atom is -0.476 e. The molecular formula is C9H14N2O5S2. The lowest BCUT2D eigenvalue weighted by Crippen LogP contribution is -2.41. The van der Waals surface area contributed by atoms with Crippen molar-refractivity contribution in [2.45, 2.75) is 24.1 Å². The van der Waals surface area contributed by atoms with E-state index in [2.05, 4.69) is 9.71 Å². The minimum atomic E-state index is -3.98. The Bertz CT molecular complexity index is 523. The minimum absolute atomic E-state index is 0.119. The number of carboxylic acids is 1. The van der Waals surface area contributed by atoms with Crippen molar-refractivity contribution in [2.75, 3.05) is 6.61 Å². The number of aliphatic hydroxyl groups is 1. The highest BCUT2D eigenvalue weighted by atomic mass is 32.2. The average Bonchev–Trinajstić information content (AvgIpc) is 2.75. The van der Waals surface area contributed by atoms with Crippen LogP contribution in [0.4, 0.5) is 0 Å².